The van der Waals surface area contributed by atoms with E-state index in [0.717, 1.165) is 168 Å². The van der Waals surface area contributed by atoms with E-state index in [2.05, 4.69) is 313 Å². The molecule has 1 unspecified atom stereocenters. The van der Waals surface area contributed by atoms with Crippen LogP contribution in [0.4, 0.5) is 0 Å². The van der Waals surface area contributed by atoms with Crippen LogP contribution in [0.5, 0.6) is 0 Å². The molecule has 8 aromatic carbocycles. The second-order valence-corrected chi connectivity index (χ2v) is 39.5. The van der Waals surface area contributed by atoms with Gasteiger partial charge in [0.05, 0.1) is 91.0 Å². The van der Waals surface area contributed by atoms with Gasteiger partial charge in [0, 0.05) is 122 Å². The monoisotopic (exact) mass is 2100 g/mol. The third-order valence-electron chi connectivity index (χ3n) is 26.5. The number of benzene rings is 8. The van der Waals surface area contributed by atoms with Crippen molar-refractivity contribution in [2.75, 3.05) is 13.2 Å². The van der Waals surface area contributed by atoms with Crippen molar-refractivity contribution in [1.82, 2.24) is 29.1 Å². The Morgan fingerprint density at radius 1 is 0.328 bits per heavy atom. The molecule has 13 aromatic rings. The van der Waals surface area contributed by atoms with Gasteiger partial charge in [0.25, 0.3) is 0 Å². The first-order chi connectivity index (χ1) is 60.8. The first kappa shape index (κ1) is 102. The molecular formula is C112H106N8O6P2Zn6+2. The average molecular weight is 2110 g/mol. The Morgan fingerprint density at radius 2 is 0.612 bits per heavy atom. The maximum Gasteiger partial charge on any atom is 2.00 e. The summed E-state index contributed by atoms with van der Waals surface area (Å²) in [5, 5.41) is 2.65. The van der Waals surface area contributed by atoms with Crippen LogP contribution in [-0.2, 0) is 141 Å². The number of rotatable bonds is 14. The summed E-state index contributed by atoms with van der Waals surface area (Å²) in [6.07, 6.45) is 17.7. The van der Waals surface area contributed by atoms with Crippen molar-refractivity contribution in [2.24, 2.45) is 0 Å². The Morgan fingerprint density at radius 3 is 0.940 bits per heavy atom. The third kappa shape index (κ3) is 16.3. The molecule has 1 spiro atoms. The predicted molar refractivity (Wildman–Crippen MR) is 526 cm³/mol. The Labute approximate surface area is 862 Å². The molecular weight excluding hydrogens is 2010 g/mol. The molecule has 8 aliphatic rings. The van der Waals surface area contributed by atoms with Crippen molar-refractivity contribution in [3.05, 3.63) is 373 Å². The summed E-state index contributed by atoms with van der Waals surface area (Å²) < 4.78 is 48.3. The molecule has 0 amide bonds. The third-order valence-corrected chi connectivity index (χ3v) is 29.6. The minimum atomic E-state index is -4.46. The fourth-order valence-corrected chi connectivity index (χ4v) is 24.7. The first-order valence-corrected chi connectivity index (χ1v) is 47.1. The smallest absolute Gasteiger partial charge is 0.657 e. The van der Waals surface area contributed by atoms with Gasteiger partial charge in [-0.15, -0.1) is 22.1 Å². The molecule has 8 bridgehead atoms. The zero-order valence-electron chi connectivity index (χ0n) is 79.9. The standard InChI is InChI=1S/C57H55N4O3P.C54H45N4O3P.CH4.6Zn/c1-12-63-65(62,64-13-2)42-16-14-41(15-17-42)54-43-18-20-45(58-43)55(51-35(6)26-32(3)27-36(51)7)47-22-24-49(60-47)57(53-39(10)30-34(5)31-40(53)11)50-25-23-48(61-50)56(46-21-19-44(54)59-46)52-37(8)28-33(4)29-38(52)9;1-28-22-31(4)47(32(5)23-28)51-41-16-14-39-50(37-10-12-38(13-11-37)62(59,60)61)40-15-17-42-52(48-33(6)24-29(2)25-34(48)7)44-19-21-46-53(49-35(8)26-30(3)27-36(49)9)45-20-18-43(51)57(45)54(55(39)41,56(40)42)58(44)46;;;;;;;/h14-31H,12-13H2,1-11H3;10-27H,1-9H3;1H4;;;;;;/q-2;;;;;;;;+2/p+2. The van der Waals surface area contributed by atoms with E-state index in [1.807, 2.05) is 50.2 Å². The molecule has 0 radical (unpaired) electrons. The van der Waals surface area contributed by atoms with Crippen molar-refractivity contribution in [1.29, 1.82) is 0 Å². The summed E-state index contributed by atoms with van der Waals surface area (Å²) in [6, 6.07) is 59.5. The van der Waals surface area contributed by atoms with Gasteiger partial charge >= 0.3 is 40.6 Å². The van der Waals surface area contributed by atoms with Crippen molar-refractivity contribution in [2.45, 2.75) is 152 Å². The molecule has 0 saturated carbocycles. The van der Waals surface area contributed by atoms with E-state index in [1.54, 1.807) is 12.1 Å². The van der Waals surface area contributed by atoms with Gasteiger partial charge in [0.1, 0.15) is 0 Å². The van der Waals surface area contributed by atoms with Crippen LogP contribution < -0.4 is 31.3 Å². The van der Waals surface area contributed by atoms with Crippen LogP contribution in [0.15, 0.2) is 206 Å². The van der Waals surface area contributed by atoms with Crippen molar-refractivity contribution in [3.8, 4) is 44.5 Å². The molecule has 13 heterocycles. The largest absolute Gasteiger partial charge is 2.00 e. The summed E-state index contributed by atoms with van der Waals surface area (Å²) in [5.74, 6) is -0.942. The van der Waals surface area contributed by atoms with E-state index in [0.29, 0.717) is 5.30 Å². The molecule has 134 heavy (non-hydrogen) atoms. The van der Waals surface area contributed by atoms with Gasteiger partial charge in [0.2, 0.25) is 22.8 Å². The minimum Gasteiger partial charge on any atom is -0.657 e. The van der Waals surface area contributed by atoms with E-state index < -0.39 is 21.1 Å². The average Bonchev–Trinajstić information content (AvgIpc) is 1.44. The molecule has 2 N–H and O–H groups in total. The molecule has 650 valence electrons. The van der Waals surface area contributed by atoms with Crippen LogP contribution in [0.25, 0.3) is 113 Å². The Hall–Kier alpha value is -9.00. The summed E-state index contributed by atoms with van der Waals surface area (Å²) in [5.41, 5.74) is 52.1. The van der Waals surface area contributed by atoms with E-state index in [9.17, 15) is 18.9 Å². The quantitative estimate of drug-likeness (QED) is 0.0609. The fraction of sp³-hybridized carbons (Fsp3) is 0.214. The zero-order valence-corrected chi connectivity index (χ0v) is 99.5. The topological polar surface area (TPSA) is 163 Å². The first-order valence-electron chi connectivity index (χ1n) is 43.9. The Kier molecular flexibility index (Phi) is 29.4. The number of hydrogen-bond acceptors (Lipinski definition) is 6. The maximum atomic E-state index is 13.9. The van der Waals surface area contributed by atoms with Gasteiger partial charge in [0.15, 0.2) is 0 Å². The van der Waals surface area contributed by atoms with Gasteiger partial charge in [-0.2, -0.15) is 9.13 Å². The van der Waals surface area contributed by atoms with E-state index in [1.165, 1.54) is 111 Å². The number of aromatic nitrogens is 6. The molecule has 5 aromatic heterocycles. The van der Waals surface area contributed by atoms with Gasteiger partial charge in [-0.3, -0.25) is 9.13 Å². The number of fused-ring (bicyclic) bond motifs is 8. The maximum absolute atomic E-state index is 13.9. The summed E-state index contributed by atoms with van der Waals surface area (Å²) >= 11 is 0. The molecule has 22 heteroatoms. The predicted octanol–water partition coefficient (Wildman–Crippen LogP) is 22.9. The van der Waals surface area contributed by atoms with Crippen molar-refractivity contribution in [3.63, 3.8) is 0 Å². The van der Waals surface area contributed by atoms with Crippen LogP contribution in [-0.4, -0.2) is 62.7 Å². The van der Waals surface area contributed by atoms with Gasteiger partial charge in [-0.05, 0) is 345 Å². The fourth-order valence-electron chi connectivity index (χ4n) is 22.5. The molecule has 14 nitrogen and oxygen atoms in total. The van der Waals surface area contributed by atoms with Crippen molar-refractivity contribution >= 4 is 106 Å². The second kappa shape index (κ2) is 38.4. The summed E-state index contributed by atoms with van der Waals surface area (Å²) in [4.78, 5) is 42.5. The van der Waals surface area contributed by atoms with E-state index in [-0.39, 0.29) is 143 Å². The van der Waals surface area contributed by atoms with E-state index in [4.69, 9.17) is 29.0 Å². The number of allylic oxidation sites excluding steroid dienone is 4. The molecule has 1 atom stereocenters. The SMILES string of the molecule is C.CCOP(=O)(OCC)c1ccc(-c2c3nc(c(-c4c(C)cc(C)cc4C)c4ccc([n-]4)c(-c4c(C)cc(C)cc4C)c4nc(c(-c5c(C)cc(C)cc5C)c5ccc2[n-]5)C=C4)C=C3)cc1.Cc1cc(C)c(C2=C3C=CC4=[N+]3C35n6c2ccc6C(c2c(C)cc(C)cc2C)=C2C=CC(=[N+]23)C(c2c(C)cc(C)cc2C)=c2ccc(n25)=C4c2ccc(P(=O)(O)O)cc2)c(C)c1.[Zn+2].[Zn].[Zn].[Zn].[Zn].[Zn]. The Bertz CT molecular complexity index is 7700. The zero-order chi connectivity index (χ0) is 88.9. The molecule has 0 fully saturated rings. The van der Waals surface area contributed by atoms with E-state index >= 15 is 0 Å². The van der Waals surface area contributed by atoms with Crippen LogP contribution >= 0.6 is 15.2 Å². The van der Waals surface area contributed by atoms with Crippen LogP contribution in [0.2, 0.25) is 0 Å². The normalized spacial score (nSPS) is 14.8. The Balaban J connectivity index is 0.000000216. The summed E-state index contributed by atoms with van der Waals surface area (Å²) in [6.45, 7) is 43.6. The van der Waals surface area contributed by atoms with Gasteiger partial charge in [-0.25, -0.2) is 9.97 Å². The van der Waals surface area contributed by atoms with Crippen LogP contribution in [0.1, 0.15) is 178 Å². The molecule has 0 aliphatic carbocycles. The summed E-state index contributed by atoms with van der Waals surface area (Å²) in [7, 11) is -7.99. The molecule has 0 saturated heterocycles. The molecule has 21 rings (SSSR count). The number of aryl methyl sites for hydroxylation is 18. The van der Waals surface area contributed by atoms with Gasteiger partial charge in [-0.1, -0.05) is 171 Å². The van der Waals surface area contributed by atoms with Gasteiger partial charge < -0.3 is 28.8 Å². The second-order valence-electron chi connectivity index (χ2n) is 35.8. The number of hydrogen-bond donors (Lipinski definition) is 2. The van der Waals surface area contributed by atoms with Crippen molar-refractivity contribution < 1.29 is 154 Å². The van der Waals surface area contributed by atoms with Crippen LogP contribution in [0.3, 0.4) is 0 Å². The number of nitrogens with zero attached hydrogens (tertiary/aromatic N) is 8. The molecule has 8 aliphatic heterocycles. The minimum absolute atomic E-state index is 0. The van der Waals surface area contributed by atoms with Crippen LogP contribution in [0, 0.1) is 125 Å².